The van der Waals surface area contributed by atoms with Gasteiger partial charge in [-0.2, -0.15) is 0 Å². The van der Waals surface area contributed by atoms with E-state index in [4.69, 9.17) is 30.0 Å². The summed E-state index contributed by atoms with van der Waals surface area (Å²) in [5, 5.41) is 0. The number of rotatable bonds is 4. The average molecular weight is 357 g/mol. The second kappa shape index (κ2) is 7.71. The normalized spacial score (nSPS) is 14.8. The number of aryl methyl sites for hydroxylation is 3. The zero-order valence-corrected chi connectivity index (χ0v) is 16.1. The summed E-state index contributed by atoms with van der Waals surface area (Å²) < 4.78 is 5.63. The van der Waals surface area contributed by atoms with Gasteiger partial charge in [-0.1, -0.05) is 24.3 Å². The summed E-state index contributed by atoms with van der Waals surface area (Å²) in [5.74, 6) is 0.872. The third kappa shape index (κ3) is 3.68. The lowest BCUT2D eigenvalue weighted by Gasteiger charge is -2.17. The second-order valence-corrected chi connectivity index (χ2v) is 7.19. The first-order valence-electron chi connectivity index (χ1n) is 8.58. The molecule has 0 atom stereocenters. The van der Waals surface area contributed by atoms with Gasteiger partial charge < -0.3 is 4.74 Å². The molecule has 0 aromatic heterocycles. The quantitative estimate of drug-likeness (QED) is 0.508. The Morgan fingerprint density at radius 2 is 1.71 bits per heavy atom. The highest BCUT2D eigenvalue weighted by atomic mass is 32.1. The predicted molar refractivity (Wildman–Crippen MR) is 110 cm³/mol. The molecule has 1 aliphatic carbocycles. The van der Waals surface area contributed by atoms with Gasteiger partial charge in [0.25, 0.3) is 0 Å². The molecule has 0 bridgehead atoms. The summed E-state index contributed by atoms with van der Waals surface area (Å²) in [6, 6.07) is 12.8. The van der Waals surface area contributed by atoms with Crippen LogP contribution in [0.4, 0.5) is 0 Å². The van der Waals surface area contributed by atoms with Gasteiger partial charge in [-0.05, 0) is 79.5 Å². The van der Waals surface area contributed by atoms with E-state index >= 15 is 0 Å². The first kappa shape index (κ1) is 17.5. The molecule has 0 saturated heterocycles. The number of thiol groups is 2. The standard InChI is InChI=1S/C21H24OS2/c1-3-22-18-11-8-14(2)19(13-18)21(24)20(23)17-10-9-15-6-4-5-7-16(15)12-17/h8-13,23-24H,3-7H2,1-2H3/b21-20-. The third-order valence-corrected chi connectivity index (χ3v) is 5.74. The van der Waals surface area contributed by atoms with Crippen LogP contribution in [0, 0.1) is 6.92 Å². The molecule has 0 amide bonds. The Morgan fingerprint density at radius 1 is 0.958 bits per heavy atom. The van der Waals surface area contributed by atoms with Crippen LogP contribution in [0.5, 0.6) is 5.75 Å². The van der Waals surface area contributed by atoms with Gasteiger partial charge in [0.15, 0.2) is 0 Å². The number of benzene rings is 2. The molecular formula is C21H24OS2. The largest absolute Gasteiger partial charge is 0.494 e. The van der Waals surface area contributed by atoms with Gasteiger partial charge in [0, 0.05) is 9.81 Å². The summed E-state index contributed by atoms with van der Waals surface area (Å²) in [7, 11) is 0. The Hall–Kier alpha value is -1.32. The van der Waals surface area contributed by atoms with Crippen LogP contribution in [0.25, 0.3) is 9.81 Å². The van der Waals surface area contributed by atoms with Crippen LogP contribution in [-0.2, 0) is 12.8 Å². The minimum atomic E-state index is 0.659. The molecule has 1 aliphatic rings. The Labute approximate surface area is 156 Å². The van der Waals surface area contributed by atoms with Crippen LogP contribution >= 0.6 is 25.3 Å². The number of hydrogen-bond acceptors (Lipinski definition) is 3. The minimum Gasteiger partial charge on any atom is -0.494 e. The fraction of sp³-hybridized carbons (Fsp3) is 0.333. The smallest absolute Gasteiger partial charge is 0.119 e. The van der Waals surface area contributed by atoms with Crippen LogP contribution < -0.4 is 4.74 Å². The predicted octanol–water partition coefficient (Wildman–Crippen LogP) is 5.96. The van der Waals surface area contributed by atoms with E-state index in [2.05, 4.69) is 37.3 Å². The second-order valence-electron chi connectivity index (χ2n) is 6.30. The number of hydrogen-bond donors (Lipinski definition) is 2. The fourth-order valence-electron chi connectivity index (χ4n) is 3.26. The summed E-state index contributed by atoms with van der Waals surface area (Å²) in [6.45, 7) is 4.75. The van der Waals surface area contributed by atoms with Gasteiger partial charge in [0.05, 0.1) is 6.61 Å². The summed E-state index contributed by atoms with van der Waals surface area (Å²) in [6.07, 6.45) is 4.96. The van der Waals surface area contributed by atoms with Crippen LogP contribution in [-0.4, -0.2) is 6.61 Å². The lowest BCUT2D eigenvalue weighted by molar-refractivity contribution is 0.340. The van der Waals surface area contributed by atoms with Gasteiger partial charge in [0.1, 0.15) is 5.75 Å². The molecule has 0 aliphatic heterocycles. The number of ether oxygens (including phenoxy) is 1. The summed E-state index contributed by atoms with van der Waals surface area (Å²) >= 11 is 9.57. The Balaban J connectivity index is 2.00. The zero-order valence-electron chi connectivity index (χ0n) is 14.3. The fourth-order valence-corrected chi connectivity index (χ4v) is 3.89. The van der Waals surface area contributed by atoms with E-state index in [-0.39, 0.29) is 0 Å². The SMILES string of the molecule is CCOc1ccc(C)c(/C(S)=C(/S)c2ccc3c(c2)CCCC3)c1. The van der Waals surface area contributed by atoms with Crippen molar-refractivity contribution in [2.45, 2.75) is 39.5 Å². The van der Waals surface area contributed by atoms with Crippen molar-refractivity contribution in [1.29, 1.82) is 0 Å². The number of fused-ring (bicyclic) bond motifs is 1. The van der Waals surface area contributed by atoms with Crippen molar-refractivity contribution in [3.63, 3.8) is 0 Å². The van der Waals surface area contributed by atoms with Gasteiger partial charge in [-0.3, -0.25) is 0 Å². The molecule has 3 rings (SSSR count). The molecule has 0 heterocycles. The van der Waals surface area contributed by atoms with E-state index in [9.17, 15) is 0 Å². The van der Waals surface area contributed by atoms with Crippen LogP contribution in [0.2, 0.25) is 0 Å². The minimum absolute atomic E-state index is 0.659. The van der Waals surface area contributed by atoms with E-state index in [0.717, 1.165) is 26.7 Å². The lowest BCUT2D eigenvalue weighted by Crippen LogP contribution is -2.02. The summed E-state index contributed by atoms with van der Waals surface area (Å²) in [5.41, 5.74) is 6.35. The summed E-state index contributed by atoms with van der Waals surface area (Å²) in [4.78, 5) is 1.82. The first-order chi connectivity index (χ1) is 11.6. The molecule has 0 N–H and O–H groups in total. The molecule has 0 spiro atoms. The molecule has 1 nitrogen and oxygen atoms in total. The highest BCUT2D eigenvalue weighted by Gasteiger charge is 2.13. The first-order valence-corrected chi connectivity index (χ1v) is 9.47. The topological polar surface area (TPSA) is 9.23 Å². The van der Waals surface area contributed by atoms with Crippen molar-refractivity contribution < 1.29 is 4.74 Å². The maximum Gasteiger partial charge on any atom is 0.119 e. The maximum absolute atomic E-state index is 5.63. The monoisotopic (exact) mass is 356 g/mol. The van der Waals surface area contributed by atoms with Gasteiger partial charge in [0.2, 0.25) is 0 Å². The molecule has 0 fully saturated rings. The molecule has 2 aromatic carbocycles. The maximum atomic E-state index is 5.63. The Morgan fingerprint density at radius 3 is 2.46 bits per heavy atom. The Bertz CT molecular complexity index is 777. The van der Waals surface area contributed by atoms with Gasteiger partial charge >= 0.3 is 0 Å². The van der Waals surface area contributed by atoms with E-state index in [1.807, 2.05) is 13.0 Å². The van der Waals surface area contributed by atoms with Crippen molar-refractivity contribution in [1.82, 2.24) is 0 Å². The van der Waals surface area contributed by atoms with Gasteiger partial charge in [-0.15, -0.1) is 25.3 Å². The third-order valence-electron chi connectivity index (χ3n) is 4.62. The average Bonchev–Trinajstić information content (AvgIpc) is 2.62. The molecule has 3 heteroatoms. The molecule has 24 heavy (non-hydrogen) atoms. The van der Waals surface area contributed by atoms with Crippen LogP contribution in [0.15, 0.2) is 36.4 Å². The van der Waals surface area contributed by atoms with Crippen LogP contribution in [0.1, 0.15) is 47.6 Å². The van der Waals surface area contributed by atoms with E-state index in [0.29, 0.717) is 6.61 Å². The van der Waals surface area contributed by atoms with E-state index in [1.54, 1.807) is 0 Å². The molecular weight excluding hydrogens is 332 g/mol. The molecule has 2 aromatic rings. The van der Waals surface area contributed by atoms with Crippen molar-refractivity contribution in [3.8, 4) is 5.75 Å². The van der Waals surface area contributed by atoms with Crippen molar-refractivity contribution >= 4 is 35.1 Å². The van der Waals surface area contributed by atoms with Crippen molar-refractivity contribution in [2.24, 2.45) is 0 Å². The lowest BCUT2D eigenvalue weighted by atomic mass is 9.90. The molecule has 0 saturated carbocycles. The van der Waals surface area contributed by atoms with Crippen LogP contribution in [0.3, 0.4) is 0 Å². The van der Waals surface area contributed by atoms with Crippen molar-refractivity contribution in [3.05, 3.63) is 64.2 Å². The zero-order chi connectivity index (χ0) is 17.1. The molecule has 0 radical (unpaired) electrons. The highest BCUT2D eigenvalue weighted by molar-refractivity contribution is 7.96. The van der Waals surface area contributed by atoms with Gasteiger partial charge in [-0.25, -0.2) is 0 Å². The Kier molecular flexibility index (Phi) is 5.62. The van der Waals surface area contributed by atoms with E-state index in [1.165, 1.54) is 42.4 Å². The van der Waals surface area contributed by atoms with E-state index < -0.39 is 0 Å². The van der Waals surface area contributed by atoms with Crippen molar-refractivity contribution in [2.75, 3.05) is 6.61 Å². The molecule has 126 valence electrons. The molecule has 0 unspecified atom stereocenters. The highest BCUT2D eigenvalue weighted by Crippen LogP contribution is 2.36.